The first-order valence-corrected chi connectivity index (χ1v) is 2.70. The Morgan fingerprint density at radius 1 is 1.09 bits per heavy atom. The summed E-state index contributed by atoms with van der Waals surface area (Å²) in [6.45, 7) is 2.17. The van der Waals surface area contributed by atoms with Crippen LogP contribution < -0.4 is 0 Å². The van der Waals surface area contributed by atoms with Gasteiger partial charge in [-0.05, 0) is 13.8 Å². The molecular formula is C6H8O4Zr. The molecule has 0 spiro atoms. The van der Waals surface area contributed by atoms with Crippen molar-refractivity contribution in [2.45, 2.75) is 13.8 Å². The van der Waals surface area contributed by atoms with Gasteiger partial charge in [-0.25, -0.2) is 0 Å². The summed E-state index contributed by atoms with van der Waals surface area (Å²) < 4.78 is 0. The molecule has 0 unspecified atom stereocenters. The molecule has 0 fully saturated rings. The molecule has 60 valence electrons. The van der Waals surface area contributed by atoms with E-state index in [2.05, 4.69) is 0 Å². The first-order chi connectivity index (χ1) is 4.46. The van der Waals surface area contributed by atoms with E-state index in [9.17, 15) is 14.4 Å². The van der Waals surface area contributed by atoms with E-state index >= 15 is 0 Å². The zero-order valence-electron chi connectivity index (χ0n) is 6.25. The Morgan fingerprint density at radius 2 is 1.36 bits per heavy atom. The van der Waals surface area contributed by atoms with Crippen LogP contribution in [-0.4, -0.2) is 22.6 Å². The van der Waals surface area contributed by atoms with Crippen LogP contribution in [0.25, 0.3) is 0 Å². The molecule has 5 heteroatoms. The second-order valence-electron chi connectivity index (χ2n) is 1.99. The third-order valence-electron chi connectivity index (χ3n) is 1.06. The van der Waals surface area contributed by atoms with Gasteiger partial charge in [0.05, 0.1) is 0 Å². The van der Waals surface area contributed by atoms with Crippen LogP contribution in [-0.2, 0) is 40.6 Å². The van der Waals surface area contributed by atoms with Crippen molar-refractivity contribution in [3.63, 3.8) is 0 Å². The topological polar surface area (TPSA) is 71.4 Å². The van der Waals surface area contributed by atoms with Crippen LogP contribution in [0.1, 0.15) is 13.8 Å². The molecular weight excluding hydrogens is 227 g/mol. The van der Waals surface area contributed by atoms with Crippen LogP contribution in [0.2, 0.25) is 0 Å². The molecule has 11 heavy (non-hydrogen) atoms. The molecule has 4 nitrogen and oxygen atoms in total. The molecule has 0 bridgehead atoms. The van der Waals surface area contributed by atoms with E-state index in [1.54, 1.807) is 0 Å². The van der Waals surface area contributed by atoms with Gasteiger partial charge in [0.15, 0.2) is 17.5 Å². The molecule has 0 aliphatic heterocycles. The zero-order chi connectivity index (χ0) is 8.31. The molecule has 0 aromatic heterocycles. The summed E-state index contributed by atoms with van der Waals surface area (Å²) >= 11 is 0. The van der Waals surface area contributed by atoms with Crippen LogP contribution in [0.4, 0.5) is 0 Å². The van der Waals surface area contributed by atoms with Crippen molar-refractivity contribution in [3.05, 3.63) is 0 Å². The molecule has 0 aliphatic rings. The van der Waals surface area contributed by atoms with E-state index in [4.69, 9.17) is 5.11 Å². The predicted octanol–water partition coefficient (Wildman–Crippen LogP) is -0.137. The standard InChI is InChI=1S/C6H8O4.Zr/c1-3(7)5(4(2)8)6(9)10;/h5H,1-2H3,(H,9,10);. The smallest absolute Gasteiger partial charge is 0.321 e. The minimum absolute atomic E-state index is 0. The van der Waals surface area contributed by atoms with Crippen molar-refractivity contribution < 1.29 is 45.7 Å². The summed E-state index contributed by atoms with van der Waals surface area (Å²) in [4.78, 5) is 31.0. The second kappa shape index (κ2) is 5.36. The summed E-state index contributed by atoms with van der Waals surface area (Å²) in [7, 11) is 0. The number of hydrogen-bond donors (Lipinski definition) is 1. The van der Waals surface area contributed by atoms with Crippen LogP contribution in [0.3, 0.4) is 0 Å². The van der Waals surface area contributed by atoms with E-state index in [-0.39, 0.29) is 26.2 Å². The molecule has 0 atom stereocenters. The SMILES string of the molecule is CC(=O)C(C(C)=O)C(=O)O.[Zr]. The summed E-state index contributed by atoms with van der Waals surface area (Å²) in [6.07, 6.45) is 0. The van der Waals surface area contributed by atoms with Crippen LogP contribution >= 0.6 is 0 Å². The fourth-order valence-electron chi connectivity index (χ4n) is 0.634. The van der Waals surface area contributed by atoms with Gasteiger partial charge in [0.25, 0.3) is 0 Å². The molecule has 0 aromatic carbocycles. The molecule has 0 heterocycles. The van der Waals surface area contributed by atoms with Crippen molar-refractivity contribution >= 4 is 17.5 Å². The molecule has 0 saturated carbocycles. The van der Waals surface area contributed by atoms with Crippen molar-refractivity contribution in [1.29, 1.82) is 0 Å². The summed E-state index contributed by atoms with van der Waals surface area (Å²) in [5.41, 5.74) is 0. The maximum Gasteiger partial charge on any atom is 0.321 e. The first-order valence-electron chi connectivity index (χ1n) is 2.70. The Labute approximate surface area is 83.1 Å². The third kappa shape index (κ3) is 4.20. The Morgan fingerprint density at radius 3 is 1.36 bits per heavy atom. The number of Topliss-reactive ketones (excluding diaryl/α,β-unsaturated/α-hetero) is 2. The van der Waals surface area contributed by atoms with Gasteiger partial charge in [0.1, 0.15) is 0 Å². The predicted molar refractivity (Wildman–Crippen MR) is 32.5 cm³/mol. The van der Waals surface area contributed by atoms with Crippen molar-refractivity contribution in [1.82, 2.24) is 0 Å². The molecule has 1 N–H and O–H groups in total. The maximum atomic E-state index is 10.4. The monoisotopic (exact) mass is 234 g/mol. The van der Waals surface area contributed by atoms with Gasteiger partial charge in [-0.2, -0.15) is 0 Å². The minimum atomic E-state index is -1.47. The average molecular weight is 235 g/mol. The summed E-state index contributed by atoms with van der Waals surface area (Å²) in [5, 5.41) is 8.27. The molecule has 0 saturated heterocycles. The minimum Gasteiger partial charge on any atom is -0.480 e. The van der Waals surface area contributed by atoms with Crippen LogP contribution in [0, 0.1) is 5.92 Å². The summed E-state index contributed by atoms with van der Waals surface area (Å²) in [5.74, 6) is -4.10. The number of carbonyl (C=O) groups is 3. The first kappa shape index (κ1) is 13.3. The van der Waals surface area contributed by atoms with Crippen molar-refractivity contribution in [3.8, 4) is 0 Å². The number of ketones is 2. The van der Waals surface area contributed by atoms with E-state index in [1.165, 1.54) is 0 Å². The van der Waals surface area contributed by atoms with Gasteiger partial charge in [-0.1, -0.05) is 0 Å². The van der Waals surface area contributed by atoms with Crippen molar-refractivity contribution in [2.75, 3.05) is 0 Å². The third-order valence-corrected chi connectivity index (χ3v) is 1.06. The van der Waals surface area contributed by atoms with Crippen molar-refractivity contribution in [2.24, 2.45) is 5.92 Å². The molecule has 0 amide bonds. The number of carboxylic acids is 1. The Bertz CT molecular complexity index is 154. The Balaban J connectivity index is 0. The zero-order valence-corrected chi connectivity index (χ0v) is 8.71. The van der Waals surface area contributed by atoms with Gasteiger partial charge in [0.2, 0.25) is 0 Å². The molecule has 0 rings (SSSR count). The van der Waals surface area contributed by atoms with Gasteiger partial charge in [-0.3, -0.25) is 14.4 Å². The Hall–Kier alpha value is -0.307. The van der Waals surface area contributed by atoms with Gasteiger partial charge in [0, 0.05) is 26.2 Å². The summed E-state index contributed by atoms with van der Waals surface area (Å²) in [6, 6.07) is 0. The second-order valence-corrected chi connectivity index (χ2v) is 1.99. The van der Waals surface area contributed by atoms with Gasteiger partial charge in [-0.15, -0.1) is 0 Å². The average Bonchev–Trinajstić information content (AvgIpc) is 1.59. The number of hydrogen-bond acceptors (Lipinski definition) is 3. The molecule has 0 aliphatic carbocycles. The van der Waals surface area contributed by atoms with E-state index < -0.39 is 23.5 Å². The Kier molecular flexibility index (Phi) is 6.48. The number of rotatable bonds is 3. The van der Waals surface area contributed by atoms with E-state index in [1.807, 2.05) is 0 Å². The fourth-order valence-corrected chi connectivity index (χ4v) is 0.634. The van der Waals surface area contributed by atoms with E-state index in [0.717, 1.165) is 13.8 Å². The van der Waals surface area contributed by atoms with Gasteiger partial charge >= 0.3 is 5.97 Å². The maximum absolute atomic E-state index is 10.4. The van der Waals surface area contributed by atoms with Gasteiger partial charge < -0.3 is 5.11 Å². The van der Waals surface area contributed by atoms with E-state index in [0.29, 0.717) is 0 Å². The normalized spacial score (nSPS) is 8.64. The number of carboxylic acid groups (broad SMARTS) is 1. The molecule has 0 aromatic rings. The molecule has 0 radical (unpaired) electrons. The number of carbonyl (C=O) groups excluding carboxylic acids is 2. The quantitative estimate of drug-likeness (QED) is 0.691. The van der Waals surface area contributed by atoms with Crippen LogP contribution in [0.5, 0.6) is 0 Å². The largest absolute Gasteiger partial charge is 0.480 e. The fraction of sp³-hybridized carbons (Fsp3) is 0.500. The van der Waals surface area contributed by atoms with Crippen LogP contribution in [0.15, 0.2) is 0 Å². The number of aliphatic carboxylic acids is 1.